The van der Waals surface area contributed by atoms with Crippen molar-refractivity contribution in [2.24, 2.45) is 5.92 Å². The van der Waals surface area contributed by atoms with Crippen LogP contribution in [0.15, 0.2) is 42.5 Å². The number of benzene rings is 2. The number of ether oxygens (including phenoxy) is 1. The summed E-state index contributed by atoms with van der Waals surface area (Å²) in [5, 5.41) is 4.34. The number of carbonyl (C=O) groups excluding carboxylic acids is 2. The molecule has 0 aromatic heterocycles. The fourth-order valence-electron chi connectivity index (χ4n) is 4.44. The van der Waals surface area contributed by atoms with Crippen molar-refractivity contribution in [2.75, 3.05) is 25.0 Å². The van der Waals surface area contributed by atoms with Crippen LogP contribution in [-0.2, 0) is 26.3 Å². The SMILES string of the molecule is CCOC(=O)C1(c2ccc(NC(=O)C3CCCN(Cc4c(Cl)cccc4Cl)C3)cc2)CC1. The number of hydrogen-bond donors (Lipinski definition) is 1. The lowest BCUT2D eigenvalue weighted by Gasteiger charge is -2.32. The number of piperidine rings is 1. The lowest BCUT2D eigenvalue weighted by atomic mass is 9.95. The van der Waals surface area contributed by atoms with Crippen LogP contribution in [0.5, 0.6) is 0 Å². The van der Waals surface area contributed by atoms with Gasteiger partial charge in [-0.05, 0) is 69.0 Å². The van der Waals surface area contributed by atoms with Crippen LogP contribution in [-0.4, -0.2) is 36.5 Å². The van der Waals surface area contributed by atoms with E-state index < -0.39 is 5.41 Å². The summed E-state index contributed by atoms with van der Waals surface area (Å²) in [6.45, 7) is 4.41. The summed E-state index contributed by atoms with van der Waals surface area (Å²) in [6, 6.07) is 13.1. The van der Waals surface area contributed by atoms with Crippen molar-refractivity contribution < 1.29 is 14.3 Å². The molecule has 4 rings (SSSR count). The van der Waals surface area contributed by atoms with E-state index in [0.717, 1.165) is 49.0 Å². The van der Waals surface area contributed by atoms with Gasteiger partial charge in [-0.3, -0.25) is 14.5 Å². The third-order valence-electron chi connectivity index (χ3n) is 6.44. The summed E-state index contributed by atoms with van der Waals surface area (Å²) >= 11 is 12.6. The quantitative estimate of drug-likeness (QED) is 0.542. The van der Waals surface area contributed by atoms with Crippen LogP contribution in [0, 0.1) is 5.92 Å². The number of nitrogens with zero attached hydrogens (tertiary/aromatic N) is 1. The van der Waals surface area contributed by atoms with Gasteiger partial charge in [0.05, 0.1) is 17.9 Å². The van der Waals surface area contributed by atoms with Crippen molar-refractivity contribution in [2.45, 2.75) is 44.6 Å². The minimum absolute atomic E-state index is 0.0132. The van der Waals surface area contributed by atoms with E-state index in [9.17, 15) is 9.59 Å². The predicted molar refractivity (Wildman–Crippen MR) is 127 cm³/mol. The van der Waals surface area contributed by atoms with Crippen LogP contribution in [0.1, 0.15) is 43.7 Å². The molecule has 170 valence electrons. The van der Waals surface area contributed by atoms with E-state index in [1.54, 1.807) is 0 Å². The standard InChI is InChI=1S/C25H28Cl2N2O3/c1-2-32-24(31)25(12-13-25)18-8-10-19(11-9-18)28-23(30)17-5-4-14-29(15-17)16-20-21(26)6-3-7-22(20)27/h3,6-11,17H,2,4-5,12-16H2,1H3,(H,28,30). The maximum absolute atomic E-state index is 12.9. The van der Waals surface area contributed by atoms with E-state index in [2.05, 4.69) is 10.2 Å². The van der Waals surface area contributed by atoms with Crippen LogP contribution in [0.4, 0.5) is 5.69 Å². The molecule has 0 spiro atoms. The summed E-state index contributed by atoms with van der Waals surface area (Å²) in [6.07, 6.45) is 3.42. The molecular formula is C25H28Cl2N2O3. The molecule has 1 atom stereocenters. The first-order chi connectivity index (χ1) is 15.4. The van der Waals surface area contributed by atoms with Crippen molar-refractivity contribution in [3.63, 3.8) is 0 Å². The van der Waals surface area contributed by atoms with E-state index in [1.165, 1.54) is 0 Å². The molecule has 1 aliphatic carbocycles. The lowest BCUT2D eigenvalue weighted by molar-refractivity contribution is -0.146. The number of esters is 1. The van der Waals surface area contributed by atoms with Gasteiger partial charge in [-0.2, -0.15) is 0 Å². The molecule has 32 heavy (non-hydrogen) atoms. The molecule has 5 nitrogen and oxygen atoms in total. The molecule has 2 aliphatic rings. The van der Waals surface area contributed by atoms with Gasteiger partial charge >= 0.3 is 5.97 Å². The zero-order valence-corrected chi connectivity index (χ0v) is 19.7. The second-order valence-electron chi connectivity index (χ2n) is 8.64. The van der Waals surface area contributed by atoms with Gasteiger partial charge in [0.1, 0.15) is 0 Å². The molecule has 0 bridgehead atoms. The fourth-order valence-corrected chi connectivity index (χ4v) is 4.96. The maximum Gasteiger partial charge on any atom is 0.316 e. The highest BCUT2D eigenvalue weighted by Gasteiger charge is 2.52. The van der Waals surface area contributed by atoms with Crippen molar-refractivity contribution in [1.82, 2.24) is 4.90 Å². The number of halogens is 2. The highest BCUT2D eigenvalue weighted by molar-refractivity contribution is 6.35. The van der Waals surface area contributed by atoms with Gasteiger partial charge in [0.25, 0.3) is 0 Å². The zero-order valence-electron chi connectivity index (χ0n) is 18.2. The Balaban J connectivity index is 1.36. The third kappa shape index (κ3) is 4.95. The normalized spacial score (nSPS) is 19.9. The molecule has 1 saturated carbocycles. The monoisotopic (exact) mass is 474 g/mol. The Labute approximate surface area is 199 Å². The van der Waals surface area contributed by atoms with E-state index in [-0.39, 0.29) is 17.8 Å². The number of carbonyl (C=O) groups is 2. The maximum atomic E-state index is 12.9. The van der Waals surface area contributed by atoms with Gasteiger partial charge in [0, 0.05) is 34.4 Å². The Morgan fingerprint density at radius 2 is 1.81 bits per heavy atom. The Bertz CT molecular complexity index is 969. The Hall–Kier alpha value is -2.08. The summed E-state index contributed by atoms with van der Waals surface area (Å²) in [5.74, 6) is -0.240. The summed E-state index contributed by atoms with van der Waals surface area (Å²) in [5.41, 5.74) is 2.10. The van der Waals surface area contributed by atoms with Crippen LogP contribution in [0.25, 0.3) is 0 Å². The molecule has 2 fully saturated rings. The molecule has 1 amide bonds. The topological polar surface area (TPSA) is 58.6 Å². The van der Waals surface area contributed by atoms with Crippen molar-refractivity contribution >= 4 is 40.8 Å². The average molecular weight is 475 g/mol. The zero-order chi connectivity index (χ0) is 22.7. The van der Waals surface area contributed by atoms with E-state index >= 15 is 0 Å². The third-order valence-corrected chi connectivity index (χ3v) is 7.15. The largest absolute Gasteiger partial charge is 0.465 e. The van der Waals surface area contributed by atoms with Crippen molar-refractivity contribution in [3.05, 3.63) is 63.6 Å². The van der Waals surface area contributed by atoms with Crippen LogP contribution in [0.2, 0.25) is 10.0 Å². The average Bonchev–Trinajstić information content (AvgIpc) is 3.59. The highest BCUT2D eigenvalue weighted by atomic mass is 35.5. The molecule has 2 aromatic carbocycles. The van der Waals surface area contributed by atoms with Gasteiger partial charge < -0.3 is 10.1 Å². The van der Waals surface area contributed by atoms with Crippen molar-refractivity contribution in [1.29, 1.82) is 0 Å². The number of hydrogen-bond acceptors (Lipinski definition) is 4. The van der Waals surface area contributed by atoms with E-state index in [0.29, 0.717) is 29.7 Å². The van der Waals surface area contributed by atoms with E-state index in [4.69, 9.17) is 27.9 Å². The van der Waals surface area contributed by atoms with Crippen LogP contribution >= 0.6 is 23.2 Å². The van der Waals surface area contributed by atoms with Crippen molar-refractivity contribution in [3.8, 4) is 0 Å². The number of nitrogens with one attached hydrogen (secondary N) is 1. The van der Waals surface area contributed by atoms with Gasteiger partial charge in [-0.15, -0.1) is 0 Å². The fraction of sp³-hybridized carbons (Fsp3) is 0.440. The summed E-state index contributed by atoms with van der Waals surface area (Å²) < 4.78 is 5.24. The molecule has 0 radical (unpaired) electrons. The molecule has 1 heterocycles. The second-order valence-corrected chi connectivity index (χ2v) is 9.46. The first-order valence-electron chi connectivity index (χ1n) is 11.2. The smallest absolute Gasteiger partial charge is 0.316 e. The first-order valence-corrected chi connectivity index (χ1v) is 11.9. The Morgan fingerprint density at radius 1 is 1.12 bits per heavy atom. The number of amides is 1. The minimum atomic E-state index is -0.498. The first kappa shape index (κ1) is 23.1. The van der Waals surface area contributed by atoms with Crippen LogP contribution < -0.4 is 5.32 Å². The molecule has 1 saturated heterocycles. The lowest BCUT2D eigenvalue weighted by Crippen LogP contribution is -2.40. The number of anilines is 1. The molecule has 1 N–H and O–H groups in total. The molecule has 1 aliphatic heterocycles. The summed E-state index contributed by atoms with van der Waals surface area (Å²) in [7, 11) is 0. The Kier molecular flexibility index (Phi) is 7.08. The second kappa shape index (κ2) is 9.82. The Morgan fingerprint density at radius 3 is 2.44 bits per heavy atom. The van der Waals surface area contributed by atoms with Crippen LogP contribution in [0.3, 0.4) is 0 Å². The molecule has 1 unspecified atom stereocenters. The minimum Gasteiger partial charge on any atom is -0.465 e. The summed E-state index contributed by atoms with van der Waals surface area (Å²) in [4.78, 5) is 27.4. The molecular weight excluding hydrogens is 447 g/mol. The van der Waals surface area contributed by atoms with Gasteiger partial charge in [0.2, 0.25) is 5.91 Å². The number of rotatable bonds is 7. The predicted octanol–water partition coefficient (Wildman–Crippen LogP) is 5.44. The molecule has 2 aromatic rings. The highest BCUT2D eigenvalue weighted by Crippen LogP contribution is 2.49. The number of likely N-dealkylation sites (tertiary alicyclic amines) is 1. The van der Waals surface area contributed by atoms with Gasteiger partial charge in [0.15, 0.2) is 0 Å². The molecule has 7 heteroatoms. The van der Waals surface area contributed by atoms with E-state index in [1.807, 2.05) is 49.4 Å². The van der Waals surface area contributed by atoms with Gasteiger partial charge in [-0.1, -0.05) is 41.4 Å². The van der Waals surface area contributed by atoms with Gasteiger partial charge in [-0.25, -0.2) is 0 Å².